The molecule has 35 heavy (non-hydrogen) atoms. The van der Waals surface area contributed by atoms with Gasteiger partial charge in [-0.15, -0.1) is 0 Å². The van der Waals surface area contributed by atoms with Crippen molar-refractivity contribution in [3.8, 4) is 0 Å². The number of amides is 3. The number of likely N-dealkylation sites (tertiary alicyclic amines) is 1. The summed E-state index contributed by atoms with van der Waals surface area (Å²) in [4.78, 5) is 39.6. The van der Waals surface area contributed by atoms with Crippen LogP contribution in [-0.2, 0) is 9.53 Å². The highest BCUT2D eigenvalue weighted by molar-refractivity contribution is 5.94. The number of piperidine rings is 1. The van der Waals surface area contributed by atoms with E-state index in [1.807, 2.05) is 0 Å². The minimum absolute atomic E-state index is 0.202. The SMILES string of the molecule is CC(C)(C)OC(=O)N1CCC(N(C(=O)NC2C=C(C(=O)O)C(F)=CC2F)c2cccc(F)c2)CC1. The quantitative estimate of drug-likeness (QED) is 0.648. The summed E-state index contributed by atoms with van der Waals surface area (Å²) in [5.74, 6) is -3.42. The maximum absolute atomic E-state index is 14.4. The van der Waals surface area contributed by atoms with Crippen LogP contribution in [0.1, 0.15) is 33.6 Å². The number of nitrogens with one attached hydrogen (secondary N) is 1. The standard InChI is InChI=1S/C24H28F3N3O5/c1-24(2,3)35-23(34)29-9-7-15(8-10-29)30(16-6-4-5-14(25)11-16)22(33)28-20-12-17(21(31)32)18(26)13-19(20)27/h4-6,11-13,15,19-20H,7-10H2,1-3H3,(H,28,33)(H,31,32). The number of urea groups is 1. The van der Waals surface area contributed by atoms with E-state index >= 15 is 0 Å². The highest BCUT2D eigenvalue weighted by atomic mass is 19.1. The normalized spacial score (nSPS) is 21.0. The van der Waals surface area contributed by atoms with E-state index in [0.717, 1.165) is 12.1 Å². The maximum atomic E-state index is 14.4. The molecule has 1 heterocycles. The van der Waals surface area contributed by atoms with Gasteiger partial charge in [-0.25, -0.2) is 27.6 Å². The summed E-state index contributed by atoms with van der Waals surface area (Å²) in [5.41, 5.74) is -1.22. The highest BCUT2D eigenvalue weighted by Gasteiger charge is 2.35. The molecule has 11 heteroatoms. The largest absolute Gasteiger partial charge is 0.478 e. The number of nitrogens with zero attached hydrogens (tertiary/aromatic N) is 2. The number of carboxylic acid groups (broad SMARTS) is 1. The summed E-state index contributed by atoms with van der Waals surface area (Å²) >= 11 is 0. The Balaban J connectivity index is 1.80. The van der Waals surface area contributed by atoms with Crippen molar-refractivity contribution in [3.05, 3.63) is 53.6 Å². The molecule has 0 aromatic heterocycles. The van der Waals surface area contributed by atoms with Crippen LogP contribution in [0.15, 0.2) is 47.8 Å². The third kappa shape index (κ3) is 6.55. The van der Waals surface area contributed by atoms with E-state index in [2.05, 4.69) is 5.32 Å². The van der Waals surface area contributed by atoms with Crippen LogP contribution in [0.3, 0.4) is 0 Å². The van der Waals surface area contributed by atoms with Gasteiger partial charge in [-0.1, -0.05) is 6.07 Å². The van der Waals surface area contributed by atoms with Crippen LogP contribution in [0.4, 0.5) is 28.4 Å². The number of carbonyl (C=O) groups excluding carboxylic acids is 2. The lowest BCUT2D eigenvalue weighted by Crippen LogP contribution is -2.55. The molecule has 1 saturated heterocycles. The predicted octanol–water partition coefficient (Wildman–Crippen LogP) is 4.33. The Morgan fingerprint density at radius 2 is 1.80 bits per heavy atom. The van der Waals surface area contributed by atoms with Crippen molar-refractivity contribution < 1.29 is 37.4 Å². The molecule has 3 amide bonds. The fraction of sp³-hybridized carbons (Fsp3) is 0.458. The number of carbonyl (C=O) groups is 3. The molecule has 0 spiro atoms. The Morgan fingerprint density at radius 3 is 2.37 bits per heavy atom. The minimum atomic E-state index is -1.99. The number of ether oxygens (including phenoxy) is 1. The molecule has 190 valence electrons. The van der Waals surface area contributed by atoms with Crippen molar-refractivity contribution in [3.63, 3.8) is 0 Å². The Morgan fingerprint density at radius 1 is 1.14 bits per heavy atom. The Labute approximate surface area is 201 Å². The molecule has 2 atom stereocenters. The summed E-state index contributed by atoms with van der Waals surface area (Å²) in [6.45, 7) is 5.79. The van der Waals surface area contributed by atoms with E-state index in [-0.39, 0.29) is 18.8 Å². The molecular formula is C24H28F3N3O5. The monoisotopic (exact) mass is 495 g/mol. The number of anilines is 1. The van der Waals surface area contributed by atoms with E-state index in [4.69, 9.17) is 9.84 Å². The maximum Gasteiger partial charge on any atom is 0.410 e. The number of carboxylic acids is 1. The van der Waals surface area contributed by atoms with Crippen molar-refractivity contribution in [2.24, 2.45) is 0 Å². The minimum Gasteiger partial charge on any atom is -0.478 e. The molecule has 1 aliphatic heterocycles. The molecular weight excluding hydrogens is 467 g/mol. The Kier molecular flexibility index (Phi) is 7.76. The average Bonchev–Trinajstić information content (AvgIpc) is 2.75. The molecule has 1 aromatic rings. The number of hydrogen-bond donors (Lipinski definition) is 2. The summed E-state index contributed by atoms with van der Waals surface area (Å²) in [7, 11) is 0. The molecule has 8 nitrogen and oxygen atoms in total. The topological polar surface area (TPSA) is 99.2 Å². The molecule has 2 aliphatic rings. The van der Waals surface area contributed by atoms with Gasteiger partial charge in [0.25, 0.3) is 0 Å². The number of aliphatic carboxylic acids is 1. The first-order valence-corrected chi connectivity index (χ1v) is 11.2. The van der Waals surface area contributed by atoms with Crippen LogP contribution < -0.4 is 10.2 Å². The van der Waals surface area contributed by atoms with Gasteiger partial charge in [-0.3, -0.25) is 4.90 Å². The van der Waals surface area contributed by atoms with Gasteiger partial charge in [0.2, 0.25) is 0 Å². The van der Waals surface area contributed by atoms with Gasteiger partial charge >= 0.3 is 18.1 Å². The van der Waals surface area contributed by atoms with Crippen LogP contribution in [0.2, 0.25) is 0 Å². The van der Waals surface area contributed by atoms with E-state index < -0.39 is 59.2 Å². The molecule has 1 aromatic carbocycles. The average molecular weight is 495 g/mol. The lowest BCUT2D eigenvalue weighted by molar-refractivity contribution is -0.132. The summed E-state index contributed by atoms with van der Waals surface area (Å²) in [5, 5.41) is 11.5. The summed E-state index contributed by atoms with van der Waals surface area (Å²) < 4.78 is 47.6. The van der Waals surface area contributed by atoms with Crippen molar-refractivity contribution >= 4 is 23.8 Å². The van der Waals surface area contributed by atoms with Gasteiger partial charge in [0.05, 0.1) is 11.6 Å². The smallest absolute Gasteiger partial charge is 0.410 e. The summed E-state index contributed by atoms with van der Waals surface area (Å²) in [6, 6.07) is 2.55. The second-order valence-corrected chi connectivity index (χ2v) is 9.37. The highest BCUT2D eigenvalue weighted by Crippen LogP contribution is 2.27. The number of rotatable bonds is 4. The molecule has 1 aliphatic carbocycles. The second-order valence-electron chi connectivity index (χ2n) is 9.37. The van der Waals surface area contributed by atoms with Gasteiger partial charge < -0.3 is 20.1 Å². The molecule has 2 unspecified atom stereocenters. The number of alkyl halides is 1. The zero-order valence-corrected chi connectivity index (χ0v) is 19.6. The van der Waals surface area contributed by atoms with Gasteiger partial charge in [0, 0.05) is 24.8 Å². The Hall–Kier alpha value is -3.50. The van der Waals surface area contributed by atoms with Gasteiger partial charge in [0.15, 0.2) is 0 Å². The predicted molar refractivity (Wildman–Crippen MR) is 122 cm³/mol. The van der Waals surface area contributed by atoms with Gasteiger partial charge in [-0.2, -0.15) is 0 Å². The van der Waals surface area contributed by atoms with E-state index in [9.17, 15) is 27.6 Å². The zero-order valence-electron chi connectivity index (χ0n) is 19.6. The zero-order chi connectivity index (χ0) is 25.9. The van der Waals surface area contributed by atoms with Crippen molar-refractivity contribution in [2.75, 3.05) is 18.0 Å². The van der Waals surface area contributed by atoms with Crippen LogP contribution >= 0.6 is 0 Å². The fourth-order valence-corrected chi connectivity index (χ4v) is 3.94. The van der Waals surface area contributed by atoms with Crippen LogP contribution in [0.5, 0.6) is 0 Å². The van der Waals surface area contributed by atoms with Gasteiger partial charge in [0.1, 0.15) is 23.4 Å². The van der Waals surface area contributed by atoms with Crippen LogP contribution in [0.25, 0.3) is 0 Å². The lowest BCUT2D eigenvalue weighted by Gasteiger charge is -2.39. The molecule has 3 rings (SSSR count). The number of benzene rings is 1. The molecule has 0 saturated carbocycles. The third-order valence-corrected chi connectivity index (χ3v) is 5.56. The Bertz CT molecular complexity index is 1050. The van der Waals surface area contributed by atoms with E-state index in [1.54, 1.807) is 20.8 Å². The van der Waals surface area contributed by atoms with Crippen LogP contribution in [-0.4, -0.2) is 65.0 Å². The molecule has 1 fully saturated rings. The second kappa shape index (κ2) is 10.4. The van der Waals surface area contributed by atoms with Crippen molar-refractivity contribution in [1.82, 2.24) is 10.2 Å². The molecule has 0 bridgehead atoms. The van der Waals surface area contributed by atoms with E-state index in [0.29, 0.717) is 18.9 Å². The van der Waals surface area contributed by atoms with E-state index in [1.165, 1.54) is 28.0 Å². The fourth-order valence-electron chi connectivity index (χ4n) is 3.94. The lowest BCUT2D eigenvalue weighted by atomic mass is 9.99. The summed E-state index contributed by atoms with van der Waals surface area (Å²) in [6.07, 6.45) is -0.532. The molecule has 0 radical (unpaired) electrons. The first-order chi connectivity index (χ1) is 16.4. The van der Waals surface area contributed by atoms with Crippen molar-refractivity contribution in [2.45, 2.75) is 57.5 Å². The number of hydrogen-bond acceptors (Lipinski definition) is 4. The first kappa shape index (κ1) is 26.1. The molecule has 2 N–H and O–H groups in total. The first-order valence-electron chi connectivity index (χ1n) is 11.2. The van der Waals surface area contributed by atoms with Gasteiger partial charge in [-0.05, 0) is 64.0 Å². The third-order valence-electron chi connectivity index (χ3n) is 5.56. The number of halogens is 3. The van der Waals surface area contributed by atoms with Crippen molar-refractivity contribution in [1.29, 1.82) is 0 Å². The van der Waals surface area contributed by atoms with Crippen LogP contribution in [0, 0.1) is 5.82 Å².